The minimum atomic E-state index is 0.566. The highest BCUT2D eigenvalue weighted by molar-refractivity contribution is 5.43. The van der Waals surface area contributed by atoms with Gasteiger partial charge in [0.15, 0.2) is 0 Å². The van der Waals surface area contributed by atoms with Crippen LogP contribution < -0.4 is 15.2 Å². The number of rotatable bonds is 4. The van der Waals surface area contributed by atoms with E-state index in [0.29, 0.717) is 17.2 Å². The number of nitrogen functional groups attached to an aromatic ring is 1. The zero-order valence-corrected chi connectivity index (χ0v) is 11.3. The molecular weight excluding hydrogens is 264 g/mol. The molecule has 4 heteroatoms. The van der Waals surface area contributed by atoms with Gasteiger partial charge < -0.3 is 15.2 Å². The minimum Gasteiger partial charge on any atom is -0.457 e. The van der Waals surface area contributed by atoms with Crippen molar-refractivity contribution >= 4 is 5.69 Å². The molecule has 0 bridgehead atoms. The Hall–Kier alpha value is -3.01. The quantitative estimate of drug-likeness (QED) is 0.775. The SMILES string of the molecule is Nc1cncc(Oc2ccc(Oc3ccccc3)cc2)c1. The van der Waals surface area contributed by atoms with Crippen LogP contribution in [0.15, 0.2) is 73.1 Å². The summed E-state index contributed by atoms with van der Waals surface area (Å²) in [6.07, 6.45) is 3.19. The number of hydrogen-bond donors (Lipinski definition) is 1. The van der Waals surface area contributed by atoms with Crippen LogP contribution in [0.3, 0.4) is 0 Å². The molecule has 0 spiro atoms. The van der Waals surface area contributed by atoms with Crippen LogP contribution in [-0.4, -0.2) is 4.98 Å². The number of ether oxygens (including phenoxy) is 2. The average molecular weight is 278 g/mol. The van der Waals surface area contributed by atoms with Crippen LogP contribution in [0.5, 0.6) is 23.0 Å². The number of pyridine rings is 1. The first kappa shape index (κ1) is 13.0. The highest BCUT2D eigenvalue weighted by atomic mass is 16.5. The molecule has 0 radical (unpaired) electrons. The van der Waals surface area contributed by atoms with Crippen molar-refractivity contribution in [3.63, 3.8) is 0 Å². The average Bonchev–Trinajstić information content (AvgIpc) is 2.50. The number of anilines is 1. The van der Waals surface area contributed by atoms with Crippen molar-refractivity contribution in [1.29, 1.82) is 0 Å². The molecule has 1 aromatic heterocycles. The standard InChI is InChI=1S/C17H14N2O2/c18-13-10-17(12-19-11-13)21-16-8-6-15(7-9-16)20-14-4-2-1-3-5-14/h1-12H,18H2. The lowest BCUT2D eigenvalue weighted by Crippen LogP contribution is -1.90. The van der Waals surface area contributed by atoms with E-state index in [4.69, 9.17) is 15.2 Å². The van der Waals surface area contributed by atoms with E-state index in [2.05, 4.69) is 4.98 Å². The van der Waals surface area contributed by atoms with Gasteiger partial charge in [0.1, 0.15) is 23.0 Å². The van der Waals surface area contributed by atoms with Crippen molar-refractivity contribution in [1.82, 2.24) is 4.98 Å². The Morgan fingerprint density at radius 2 is 1.24 bits per heavy atom. The van der Waals surface area contributed by atoms with Crippen LogP contribution >= 0.6 is 0 Å². The van der Waals surface area contributed by atoms with Crippen LogP contribution in [0.25, 0.3) is 0 Å². The fourth-order valence-electron chi connectivity index (χ4n) is 1.83. The van der Waals surface area contributed by atoms with E-state index in [1.807, 2.05) is 54.6 Å². The third-order valence-electron chi connectivity index (χ3n) is 2.77. The maximum atomic E-state index is 5.71. The zero-order chi connectivity index (χ0) is 14.5. The van der Waals surface area contributed by atoms with Gasteiger partial charge in [-0.05, 0) is 36.4 Å². The van der Waals surface area contributed by atoms with Crippen LogP contribution in [0, 0.1) is 0 Å². The maximum Gasteiger partial charge on any atom is 0.147 e. The summed E-state index contributed by atoms with van der Waals surface area (Å²) in [6.45, 7) is 0. The van der Waals surface area contributed by atoms with Gasteiger partial charge in [0.2, 0.25) is 0 Å². The van der Waals surface area contributed by atoms with Crippen LogP contribution in [0.4, 0.5) is 5.69 Å². The smallest absolute Gasteiger partial charge is 0.147 e. The molecule has 0 aliphatic rings. The van der Waals surface area contributed by atoms with E-state index < -0.39 is 0 Å². The fourth-order valence-corrected chi connectivity index (χ4v) is 1.83. The van der Waals surface area contributed by atoms with Gasteiger partial charge in [-0.3, -0.25) is 4.98 Å². The van der Waals surface area contributed by atoms with Gasteiger partial charge in [0.25, 0.3) is 0 Å². The van der Waals surface area contributed by atoms with Crippen LogP contribution in [0.1, 0.15) is 0 Å². The lowest BCUT2D eigenvalue weighted by molar-refractivity contribution is 0.468. The number of nitrogens with two attached hydrogens (primary N) is 1. The molecule has 3 aromatic rings. The minimum absolute atomic E-state index is 0.566. The largest absolute Gasteiger partial charge is 0.457 e. The van der Waals surface area contributed by atoms with E-state index in [1.165, 1.54) is 0 Å². The summed E-state index contributed by atoms with van der Waals surface area (Å²) < 4.78 is 11.4. The van der Waals surface area contributed by atoms with Crippen molar-refractivity contribution in [3.05, 3.63) is 73.1 Å². The first-order chi connectivity index (χ1) is 10.3. The van der Waals surface area contributed by atoms with Gasteiger partial charge in [-0.2, -0.15) is 0 Å². The van der Waals surface area contributed by atoms with E-state index in [1.54, 1.807) is 18.5 Å². The number of benzene rings is 2. The summed E-state index contributed by atoms with van der Waals surface area (Å²) in [5, 5.41) is 0. The summed E-state index contributed by atoms with van der Waals surface area (Å²) in [5.74, 6) is 2.85. The van der Waals surface area contributed by atoms with E-state index in [9.17, 15) is 0 Å². The molecule has 0 fully saturated rings. The van der Waals surface area contributed by atoms with Gasteiger partial charge in [0, 0.05) is 6.07 Å². The molecule has 2 aromatic carbocycles. The molecule has 0 saturated carbocycles. The van der Waals surface area contributed by atoms with E-state index >= 15 is 0 Å². The van der Waals surface area contributed by atoms with Gasteiger partial charge in [0.05, 0.1) is 18.1 Å². The van der Waals surface area contributed by atoms with Crippen LogP contribution in [0.2, 0.25) is 0 Å². The Bertz CT molecular complexity index is 712. The molecule has 0 aliphatic heterocycles. The third-order valence-corrected chi connectivity index (χ3v) is 2.77. The van der Waals surface area contributed by atoms with Crippen molar-refractivity contribution in [2.45, 2.75) is 0 Å². The number of nitrogens with zero attached hydrogens (tertiary/aromatic N) is 1. The Morgan fingerprint density at radius 1 is 0.667 bits per heavy atom. The normalized spacial score (nSPS) is 10.1. The molecule has 0 atom stereocenters. The first-order valence-corrected chi connectivity index (χ1v) is 6.51. The van der Waals surface area contributed by atoms with Gasteiger partial charge in [-0.25, -0.2) is 0 Å². The highest BCUT2D eigenvalue weighted by Gasteiger charge is 2.00. The first-order valence-electron chi connectivity index (χ1n) is 6.51. The number of hydrogen-bond acceptors (Lipinski definition) is 4. The summed E-state index contributed by atoms with van der Waals surface area (Å²) in [4.78, 5) is 3.98. The number of para-hydroxylation sites is 1. The van der Waals surface area contributed by atoms with Crippen LogP contribution in [-0.2, 0) is 0 Å². The summed E-state index contributed by atoms with van der Waals surface area (Å²) >= 11 is 0. The molecule has 104 valence electrons. The molecule has 4 nitrogen and oxygen atoms in total. The second-order valence-corrected chi connectivity index (χ2v) is 4.44. The Balaban J connectivity index is 1.69. The fraction of sp³-hybridized carbons (Fsp3) is 0. The van der Waals surface area contributed by atoms with Crippen molar-refractivity contribution < 1.29 is 9.47 Å². The lowest BCUT2D eigenvalue weighted by Gasteiger charge is -2.08. The molecule has 21 heavy (non-hydrogen) atoms. The van der Waals surface area contributed by atoms with Crippen molar-refractivity contribution in [3.8, 4) is 23.0 Å². The molecular formula is C17H14N2O2. The predicted molar refractivity (Wildman–Crippen MR) is 81.7 cm³/mol. The summed E-state index contributed by atoms with van der Waals surface area (Å²) in [6, 6.07) is 18.7. The topological polar surface area (TPSA) is 57.4 Å². The van der Waals surface area contributed by atoms with Gasteiger partial charge in [-0.1, -0.05) is 18.2 Å². The molecule has 3 rings (SSSR count). The second-order valence-electron chi connectivity index (χ2n) is 4.44. The van der Waals surface area contributed by atoms with Gasteiger partial charge >= 0.3 is 0 Å². The molecule has 1 heterocycles. The Kier molecular flexibility index (Phi) is 3.69. The molecule has 2 N–H and O–H groups in total. The van der Waals surface area contributed by atoms with Gasteiger partial charge in [-0.15, -0.1) is 0 Å². The monoisotopic (exact) mass is 278 g/mol. The van der Waals surface area contributed by atoms with E-state index in [0.717, 1.165) is 11.5 Å². The third kappa shape index (κ3) is 3.51. The molecule has 0 aliphatic carbocycles. The Morgan fingerprint density at radius 3 is 1.86 bits per heavy atom. The molecule has 0 saturated heterocycles. The number of aromatic nitrogens is 1. The maximum absolute atomic E-state index is 5.71. The van der Waals surface area contributed by atoms with E-state index in [-0.39, 0.29) is 0 Å². The zero-order valence-electron chi connectivity index (χ0n) is 11.3. The second kappa shape index (κ2) is 5.96. The Labute approximate surface area is 122 Å². The van der Waals surface area contributed by atoms with Crippen molar-refractivity contribution in [2.75, 3.05) is 5.73 Å². The predicted octanol–water partition coefficient (Wildman–Crippen LogP) is 4.25. The molecule has 0 amide bonds. The van der Waals surface area contributed by atoms with Crippen molar-refractivity contribution in [2.24, 2.45) is 0 Å². The summed E-state index contributed by atoms with van der Waals surface area (Å²) in [5.41, 5.74) is 6.23. The molecule has 0 unspecified atom stereocenters. The lowest BCUT2D eigenvalue weighted by atomic mass is 10.3. The summed E-state index contributed by atoms with van der Waals surface area (Å²) in [7, 11) is 0. The highest BCUT2D eigenvalue weighted by Crippen LogP contribution is 2.26.